The smallest absolute Gasteiger partial charge is 0.328 e. The zero-order chi connectivity index (χ0) is 27.0. The van der Waals surface area contributed by atoms with Crippen LogP contribution in [0.3, 0.4) is 0 Å². The van der Waals surface area contributed by atoms with E-state index in [4.69, 9.17) is 10.2 Å². The lowest BCUT2D eigenvalue weighted by Crippen LogP contribution is -2.32. The van der Waals surface area contributed by atoms with E-state index in [1.165, 1.54) is 0 Å². The Morgan fingerprint density at radius 1 is 0.892 bits per heavy atom. The van der Waals surface area contributed by atoms with Gasteiger partial charge in [0.25, 0.3) is 0 Å². The predicted molar refractivity (Wildman–Crippen MR) is 143 cm³/mol. The van der Waals surface area contributed by atoms with Gasteiger partial charge in [0, 0.05) is 29.8 Å². The van der Waals surface area contributed by atoms with Gasteiger partial charge >= 0.3 is 11.9 Å². The molecule has 196 valence electrons. The predicted octanol–water partition coefficient (Wildman–Crippen LogP) is 3.78. The van der Waals surface area contributed by atoms with Gasteiger partial charge in [0.15, 0.2) is 0 Å². The molecule has 37 heavy (non-hydrogen) atoms. The molecule has 0 aliphatic carbocycles. The van der Waals surface area contributed by atoms with Crippen molar-refractivity contribution in [3.63, 3.8) is 0 Å². The van der Waals surface area contributed by atoms with Gasteiger partial charge < -0.3 is 20.4 Å². The number of carboxylic acids is 2. The lowest BCUT2D eigenvalue weighted by atomic mass is 10.0. The molecule has 0 atom stereocenters. The van der Waals surface area contributed by atoms with E-state index in [9.17, 15) is 14.4 Å². The van der Waals surface area contributed by atoms with Crippen LogP contribution in [-0.4, -0.2) is 68.9 Å². The van der Waals surface area contributed by atoms with Gasteiger partial charge in [-0.05, 0) is 31.6 Å². The van der Waals surface area contributed by atoms with Gasteiger partial charge in [0.05, 0.1) is 11.9 Å². The second kappa shape index (κ2) is 15.7. The average Bonchev–Trinajstić information content (AvgIpc) is 3.32. The zero-order valence-electron chi connectivity index (χ0n) is 21.2. The van der Waals surface area contributed by atoms with Crippen molar-refractivity contribution in [1.82, 2.24) is 20.0 Å². The Bertz CT molecular complexity index is 1140. The summed E-state index contributed by atoms with van der Waals surface area (Å²) in [4.78, 5) is 34.0. The lowest BCUT2D eigenvalue weighted by molar-refractivity contribution is -0.134. The lowest BCUT2D eigenvalue weighted by Gasteiger charge is -2.17. The number of carbonyl (C=O) groups is 3. The van der Waals surface area contributed by atoms with Crippen LogP contribution in [0, 0.1) is 0 Å². The maximum Gasteiger partial charge on any atom is 0.328 e. The number of amides is 1. The van der Waals surface area contributed by atoms with Crippen molar-refractivity contribution < 1.29 is 24.6 Å². The molecule has 3 rings (SSSR count). The van der Waals surface area contributed by atoms with Crippen LogP contribution in [-0.2, 0) is 20.9 Å². The van der Waals surface area contributed by atoms with Crippen LogP contribution in [0.25, 0.3) is 22.4 Å². The first-order valence-corrected chi connectivity index (χ1v) is 12.1. The van der Waals surface area contributed by atoms with E-state index in [1.807, 2.05) is 42.6 Å². The number of hydrogen-bond donors (Lipinski definition) is 3. The number of nitrogens with one attached hydrogen (secondary N) is 1. The minimum absolute atomic E-state index is 0.00978. The molecule has 0 radical (unpaired) electrons. The summed E-state index contributed by atoms with van der Waals surface area (Å²) >= 11 is 0. The number of nitrogens with zero attached hydrogens (tertiary/aromatic N) is 3. The summed E-state index contributed by atoms with van der Waals surface area (Å²) in [7, 11) is 0. The van der Waals surface area contributed by atoms with Crippen LogP contribution in [0.15, 0.2) is 79.0 Å². The van der Waals surface area contributed by atoms with Crippen LogP contribution >= 0.6 is 0 Å². The van der Waals surface area contributed by atoms with Gasteiger partial charge in [-0.15, -0.1) is 0 Å². The summed E-state index contributed by atoms with van der Waals surface area (Å²) in [6.45, 7) is 8.30. The number of carboxylic acid groups (broad SMARTS) is 2. The van der Waals surface area contributed by atoms with E-state index < -0.39 is 11.9 Å². The van der Waals surface area contributed by atoms with Crippen molar-refractivity contribution in [2.75, 3.05) is 26.2 Å². The van der Waals surface area contributed by atoms with E-state index >= 15 is 0 Å². The summed E-state index contributed by atoms with van der Waals surface area (Å²) in [5.74, 6) is -2.52. The highest BCUT2D eigenvalue weighted by atomic mass is 16.4. The van der Waals surface area contributed by atoms with Gasteiger partial charge in [0.2, 0.25) is 5.91 Å². The first kappa shape index (κ1) is 29.0. The molecule has 0 bridgehead atoms. The largest absolute Gasteiger partial charge is 0.478 e. The second-order valence-electron chi connectivity index (χ2n) is 8.04. The molecule has 0 spiro atoms. The molecule has 0 saturated carbocycles. The number of hydrogen-bond acceptors (Lipinski definition) is 5. The SMILES string of the molecule is CCN(CC)CCCNC(=O)Cn1ncc(-c2ccccc2)c1-c1ccccc1.O=C(O)/C=C/C(=O)O. The van der Waals surface area contributed by atoms with Crippen molar-refractivity contribution in [3.05, 3.63) is 79.0 Å². The molecule has 0 aliphatic rings. The fraction of sp³-hybridized carbons (Fsp3) is 0.286. The van der Waals surface area contributed by atoms with E-state index in [2.05, 4.69) is 53.4 Å². The Kier molecular flexibility index (Phi) is 12.3. The Morgan fingerprint density at radius 3 is 1.95 bits per heavy atom. The molecule has 2 aromatic carbocycles. The molecule has 0 aliphatic heterocycles. The zero-order valence-corrected chi connectivity index (χ0v) is 21.2. The number of aromatic nitrogens is 2. The van der Waals surface area contributed by atoms with E-state index in [-0.39, 0.29) is 12.5 Å². The van der Waals surface area contributed by atoms with Crippen LogP contribution in [0.2, 0.25) is 0 Å². The first-order chi connectivity index (χ1) is 17.8. The summed E-state index contributed by atoms with van der Waals surface area (Å²) in [5.41, 5.74) is 4.15. The van der Waals surface area contributed by atoms with Gasteiger partial charge in [-0.25, -0.2) is 9.59 Å². The summed E-state index contributed by atoms with van der Waals surface area (Å²) < 4.78 is 1.80. The molecule has 3 aromatic rings. The number of rotatable bonds is 12. The number of aliphatic carboxylic acids is 2. The molecular weight excluding hydrogens is 472 g/mol. The summed E-state index contributed by atoms with van der Waals surface area (Å²) in [5, 5.41) is 23.2. The molecule has 3 N–H and O–H groups in total. The topological polar surface area (TPSA) is 125 Å². The van der Waals surface area contributed by atoms with E-state index in [1.54, 1.807) is 4.68 Å². The Labute approximate surface area is 217 Å². The number of benzene rings is 2. The van der Waals surface area contributed by atoms with Crippen LogP contribution in [0.1, 0.15) is 20.3 Å². The van der Waals surface area contributed by atoms with Gasteiger partial charge in [0.1, 0.15) is 6.54 Å². The third-order valence-electron chi connectivity index (χ3n) is 5.50. The van der Waals surface area contributed by atoms with Crippen molar-refractivity contribution in [2.45, 2.75) is 26.8 Å². The fourth-order valence-electron chi connectivity index (χ4n) is 3.64. The quantitative estimate of drug-likeness (QED) is 0.252. The van der Waals surface area contributed by atoms with E-state index in [0.717, 1.165) is 48.4 Å². The molecule has 1 heterocycles. The van der Waals surface area contributed by atoms with E-state index in [0.29, 0.717) is 18.7 Å². The highest BCUT2D eigenvalue weighted by Crippen LogP contribution is 2.31. The monoisotopic (exact) mass is 506 g/mol. The van der Waals surface area contributed by atoms with Crippen molar-refractivity contribution in [3.8, 4) is 22.4 Å². The third-order valence-corrected chi connectivity index (χ3v) is 5.50. The molecular formula is C28H34N4O5. The van der Waals surface area contributed by atoms with Crippen molar-refractivity contribution >= 4 is 17.8 Å². The van der Waals surface area contributed by atoms with Crippen LogP contribution < -0.4 is 5.32 Å². The Morgan fingerprint density at radius 2 is 1.43 bits per heavy atom. The Balaban J connectivity index is 0.000000521. The van der Waals surface area contributed by atoms with Gasteiger partial charge in [-0.3, -0.25) is 9.48 Å². The molecule has 9 heteroatoms. The van der Waals surface area contributed by atoms with Crippen molar-refractivity contribution in [1.29, 1.82) is 0 Å². The maximum absolute atomic E-state index is 12.5. The second-order valence-corrected chi connectivity index (χ2v) is 8.04. The average molecular weight is 507 g/mol. The minimum atomic E-state index is -1.26. The third kappa shape index (κ3) is 10.1. The Hall–Kier alpha value is -4.24. The summed E-state index contributed by atoms with van der Waals surface area (Å²) in [6.07, 6.45) is 3.92. The van der Waals surface area contributed by atoms with Crippen LogP contribution in [0.5, 0.6) is 0 Å². The molecule has 0 saturated heterocycles. The van der Waals surface area contributed by atoms with Gasteiger partial charge in [-0.2, -0.15) is 5.10 Å². The highest BCUT2D eigenvalue weighted by Gasteiger charge is 2.16. The summed E-state index contributed by atoms with van der Waals surface area (Å²) in [6, 6.07) is 20.3. The number of carbonyl (C=O) groups excluding carboxylic acids is 1. The molecule has 1 amide bonds. The molecule has 1 aromatic heterocycles. The molecule has 9 nitrogen and oxygen atoms in total. The maximum atomic E-state index is 12.5. The normalized spacial score (nSPS) is 10.7. The molecule has 0 unspecified atom stereocenters. The first-order valence-electron chi connectivity index (χ1n) is 12.1. The molecule has 0 fully saturated rings. The fourth-order valence-corrected chi connectivity index (χ4v) is 3.64. The van der Waals surface area contributed by atoms with Gasteiger partial charge in [-0.1, -0.05) is 74.5 Å². The standard InChI is InChI=1S/C24H30N4O.C4H4O4/c1-3-27(4-2)17-11-16-25-23(29)19-28-24(21-14-9-6-10-15-21)22(18-26-28)20-12-7-5-8-13-20;5-3(6)1-2-4(7)8/h5-10,12-15,18H,3-4,11,16-17,19H2,1-2H3,(H,25,29);1-2H,(H,5,6)(H,7,8)/b;2-1+. The van der Waals surface area contributed by atoms with Crippen molar-refractivity contribution in [2.24, 2.45) is 0 Å². The highest BCUT2D eigenvalue weighted by molar-refractivity contribution is 5.89. The van der Waals surface area contributed by atoms with Crippen LogP contribution in [0.4, 0.5) is 0 Å². The minimum Gasteiger partial charge on any atom is -0.478 e.